The van der Waals surface area contributed by atoms with E-state index >= 15 is 0 Å². The van der Waals surface area contributed by atoms with Gasteiger partial charge in [0.2, 0.25) is 0 Å². The van der Waals surface area contributed by atoms with Crippen molar-refractivity contribution >= 4 is 0 Å². The van der Waals surface area contributed by atoms with Crippen molar-refractivity contribution in [3.8, 4) is 0 Å². The predicted molar refractivity (Wildman–Crippen MR) is 89.3 cm³/mol. The lowest BCUT2D eigenvalue weighted by Gasteiger charge is -2.43. The van der Waals surface area contributed by atoms with Crippen LogP contribution in [0, 0.1) is 0 Å². The van der Waals surface area contributed by atoms with Gasteiger partial charge in [0, 0.05) is 19.4 Å². The predicted octanol–water partition coefficient (Wildman–Crippen LogP) is 8.20. The molecule has 1 N–H and O–H groups in total. The fraction of sp³-hybridized carbons (Fsp3) is 1.00. The van der Waals surface area contributed by atoms with E-state index in [1.54, 1.807) is 6.92 Å². The highest BCUT2D eigenvalue weighted by Crippen LogP contribution is 2.64. The summed E-state index contributed by atoms with van der Waals surface area (Å²) in [4.78, 5) is 0. The van der Waals surface area contributed by atoms with Crippen LogP contribution in [0.15, 0.2) is 0 Å². The first-order valence-corrected chi connectivity index (χ1v) is 10.0. The van der Waals surface area contributed by atoms with Crippen LogP contribution in [0.1, 0.15) is 58.3 Å². The van der Waals surface area contributed by atoms with Gasteiger partial charge in [0.05, 0.1) is 0 Å². The van der Waals surface area contributed by atoms with Crippen molar-refractivity contribution in [1.82, 2.24) is 0 Å². The molecule has 0 bridgehead atoms. The lowest BCUT2D eigenvalue weighted by Crippen LogP contribution is -2.74. The number of aliphatic hydroxyl groups excluding tert-OH is 1. The fourth-order valence-electron chi connectivity index (χ4n) is 2.81. The topological polar surface area (TPSA) is 20.2 Å². The Hall–Kier alpha value is -1.16. The normalized spacial score (nSPS) is 15.6. The molecule has 0 radical (unpaired) electrons. The van der Waals surface area contributed by atoms with E-state index in [0.29, 0.717) is 12.8 Å². The molecule has 0 saturated carbocycles. The molecule has 0 unspecified atom stereocenters. The van der Waals surface area contributed by atoms with Crippen LogP contribution in [0.25, 0.3) is 0 Å². The molecule has 0 heterocycles. The van der Waals surface area contributed by atoms with Crippen LogP contribution in [-0.4, -0.2) is 59.1 Å². The highest BCUT2D eigenvalue weighted by atomic mass is 19.4. The van der Waals surface area contributed by atoms with Crippen molar-refractivity contribution in [2.45, 2.75) is 106 Å². The lowest BCUT2D eigenvalue weighted by molar-refractivity contribution is -0.453. The molecule has 0 aliphatic carbocycles. The van der Waals surface area contributed by atoms with Crippen LogP contribution in [0.2, 0.25) is 0 Å². The maximum absolute atomic E-state index is 13.8. The van der Waals surface area contributed by atoms with Crippen LogP contribution in [-0.2, 0) is 0 Å². The Morgan fingerprint density at radius 1 is 0.400 bits per heavy atom. The minimum absolute atomic E-state index is 0.0918. The molecule has 0 aromatic carbocycles. The molecule has 0 rings (SSSR count). The summed E-state index contributed by atoms with van der Waals surface area (Å²) in [6.45, 7) is 0.203. The summed E-state index contributed by atoms with van der Waals surface area (Å²) in [7, 11) is 0. The third-order valence-electron chi connectivity index (χ3n) is 5.13. The van der Waals surface area contributed by atoms with E-state index in [1.165, 1.54) is 0 Å². The van der Waals surface area contributed by atoms with E-state index in [2.05, 4.69) is 0 Å². The molecule has 0 atom stereocenters. The Kier molecular flexibility index (Phi) is 10.3. The zero-order valence-corrected chi connectivity index (χ0v) is 17.9. The zero-order valence-electron chi connectivity index (χ0n) is 17.9. The molecule has 0 aliphatic heterocycles. The van der Waals surface area contributed by atoms with Crippen LogP contribution < -0.4 is 0 Å². The first-order chi connectivity index (χ1) is 15.4. The second kappa shape index (κ2) is 10.7. The van der Waals surface area contributed by atoms with Gasteiger partial charge in [-0.1, -0.05) is 32.6 Å². The maximum atomic E-state index is 13.8. The van der Waals surface area contributed by atoms with Crippen molar-refractivity contribution in [3.63, 3.8) is 0 Å². The fourth-order valence-corrected chi connectivity index (χ4v) is 2.81. The average molecular weight is 558 g/mol. The summed E-state index contributed by atoms with van der Waals surface area (Å²) in [5, 5.41) is 8.28. The first-order valence-electron chi connectivity index (χ1n) is 10.0. The van der Waals surface area contributed by atoms with Gasteiger partial charge in [0.15, 0.2) is 0 Å². The molecule has 212 valence electrons. The summed E-state index contributed by atoms with van der Waals surface area (Å²) in [5.41, 5.74) is 0. The van der Waals surface area contributed by atoms with Crippen molar-refractivity contribution in [2.75, 3.05) is 6.61 Å². The van der Waals surface area contributed by atoms with E-state index < -0.39 is 79.7 Å². The van der Waals surface area contributed by atoms with Gasteiger partial charge in [0.25, 0.3) is 0 Å². The number of unbranched alkanes of at least 4 members (excludes halogenated alkanes) is 4. The summed E-state index contributed by atoms with van der Waals surface area (Å²) in [6, 6.07) is 0. The van der Waals surface area contributed by atoms with Crippen LogP contribution >= 0.6 is 0 Å². The molecule has 17 heteroatoms. The molecule has 0 aromatic heterocycles. The summed E-state index contributed by atoms with van der Waals surface area (Å²) in [6.07, 6.45) is -6.74. The van der Waals surface area contributed by atoms with Crippen LogP contribution in [0.3, 0.4) is 0 Å². The summed E-state index contributed by atoms with van der Waals surface area (Å²) >= 11 is 0. The Labute approximate surface area is 188 Å². The molecule has 0 aliphatic rings. The number of hydrogen-bond donors (Lipinski definition) is 1. The monoisotopic (exact) mass is 558 g/mol. The number of alkyl halides is 16. The molecule has 0 amide bonds. The van der Waals surface area contributed by atoms with Gasteiger partial charge in [-0.25, -0.2) is 0 Å². The zero-order chi connectivity index (χ0) is 28.4. The van der Waals surface area contributed by atoms with E-state index in [0.717, 1.165) is 0 Å². The van der Waals surface area contributed by atoms with E-state index in [-0.39, 0.29) is 12.8 Å². The molecule has 1 nitrogen and oxygen atoms in total. The quantitative estimate of drug-likeness (QED) is 0.150. The molecule has 0 aromatic rings. The highest BCUT2D eigenvalue weighted by molar-refractivity contribution is 5.15. The van der Waals surface area contributed by atoms with Crippen LogP contribution in [0.4, 0.5) is 70.2 Å². The molecule has 35 heavy (non-hydrogen) atoms. The molecular weight excluding hydrogens is 536 g/mol. The Bertz CT molecular complexity index is 673. The van der Waals surface area contributed by atoms with E-state index in [1.807, 2.05) is 0 Å². The van der Waals surface area contributed by atoms with Gasteiger partial charge in [0.1, 0.15) is 0 Å². The van der Waals surface area contributed by atoms with Gasteiger partial charge in [-0.05, 0) is 12.8 Å². The standard InChI is InChI=1S/C18H22F16O/c1-2-3-4-5-6-8-11(19,20)13(23,24)15(27,28)17(31,32)18(33,34)16(29,30)14(25,26)12(21,22)9-7-10-35/h35H,2-10H2,1H3. The third-order valence-corrected chi connectivity index (χ3v) is 5.13. The molecule has 0 spiro atoms. The average Bonchev–Trinajstić information content (AvgIpc) is 2.70. The van der Waals surface area contributed by atoms with E-state index in [4.69, 9.17) is 5.11 Å². The second-order valence-corrected chi connectivity index (χ2v) is 7.85. The SMILES string of the molecule is CCCCCCCC(F)(F)C(F)(F)C(F)(F)C(F)(F)C(F)(F)C(F)(F)C(F)(F)C(F)(F)CCCO. The van der Waals surface area contributed by atoms with Gasteiger partial charge < -0.3 is 5.11 Å². The number of aliphatic hydroxyl groups is 1. The highest BCUT2D eigenvalue weighted by Gasteiger charge is 2.94. The van der Waals surface area contributed by atoms with Gasteiger partial charge in [-0.2, -0.15) is 70.2 Å². The Morgan fingerprint density at radius 3 is 1.00 bits per heavy atom. The maximum Gasteiger partial charge on any atom is 0.384 e. The van der Waals surface area contributed by atoms with Gasteiger partial charge in [-0.15, -0.1) is 0 Å². The minimum Gasteiger partial charge on any atom is -0.396 e. The summed E-state index contributed by atoms with van der Waals surface area (Å²) in [5.74, 6) is -60.7. The minimum atomic E-state index is -8.39. The van der Waals surface area contributed by atoms with Crippen molar-refractivity contribution in [3.05, 3.63) is 0 Å². The Morgan fingerprint density at radius 2 is 0.686 bits per heavy atom. The summed E-state index contributed by atoms with van der Waals surface area (Å²) < 4.78 is 218. The van der Waals surface area contributed by atoms with Crippen molar-refractivity contribution < 1.29 is 75.4 Å². The van der Waals surface area contributed by atoms with Gasteiger partial charge in [-0.3, -0.25) is 0 Å². The van der Waals surface area contributed by atoms with Gasteiger partial charge >= 0.3 is 47.4 Å². The molecular formula is C18H22F16O. The number of rotatable bonds is 16. The first kappa shape index (κ1) is 33.8. The van der Waals surface area contributed by atoms with E-state index in [9.17, 15) is 70.2 Å². The third kappa shape index (κ3) is 5.58. The molecule has 0 saturated heterocycles. The second-order valence-electron chi connectivity index (χ2n) is 7.85. The van der Waals surface area contributed by atoms with Crippen LogP contribution in [0.5, 0.6) is 0 Å². The number of hydrogen-bond acceptors (Lipinski definition) is 1. The lowest BCUT2D eigenvalue weighted by atomic mass is 9.86. The number of halogens is 16. The van der Waals surface area contributed by atoms with Crippen molar-refractivity contribution in [1.29, 1.82) is 0 Å². The smallest absolute Gasteiger partial charge is 0.384 e. The van der Waals surface area contributed by atoms with Crippen molar-refractivity contribution in [2.24, 2.45) is 0 Å². The largest absolute Gasteiger partial charge is 0.396 e. The Balaban J connectivity index is 6.33. The molecule has 0 fully saturated rings.